The van der Waals surface area contributed by atoms with Crippen LogP contribution in [0.5, 0.6) is 0 Å². The number of esters is 2. The van der Waals surface area contributed by atoms with Gasteiger partial charge in [-0.25, -0.2) is 0 Å². The number of carbonyl (C=O) groups excluding carboxylic acids is 2. The predicted octanol–water partition coefficient (Wildman–Crippen LogP) is 17.3. The molecule has 0 bridgehead atoms. The monoisotopic (exact) mass is 839 g/mol. The summed E-state index contributed by atoms with van der Waals surface area (Å²) in [4.78, 5) is 25.4. The van der Waals surface area contributed by atoms with Gasteiger partial charge in [-0.3, -0.25) is 9.59 Å². The highest BCUT2D eigenvalue weighted by Gasteiger charge is 2.17. The van der Waals surface area contributed by atoms with Crippen molar-refractivity contribution in [3.05, 3.63) is 60.8 Å². The summed E-state index contributed by atoms with van der Waals surface area (Å²) in [6.07, 6.45) is 63.6. The molecule has 0 aliphatic carbocycles. The Kier molecular flexibility index (Phi) is 48.9. The van der Waals surface area contributed by atoms with E-state index in [0.29, 0.717) is 19.4 Å². The number of unbranched alkanes of at least 4 members (excludes halogenated alkanes) is 26. The van der Waals surface area contributed by atoms with Crippen LogP contribution in [0.3, 0.4) is 0 Å². The van der Waals surface area contributed by atoms with Gasteiger partial charge in [-0.15, -0.1) is 0 Å². The minimum Gasteiger partial charge on any atom is -0.462 e. The van der Waals surface area contributed by atoms with Crippen molar-refractivity contribution in [1.82, 2.24) is 0 Å². The SMILES string of the molecule is CCCCC/C=C\C/C=C\CCCCCCCCOCC(COC(=O)CCCCCCC/C=C\C/C=C\CCCCC)OC(=O)CCCCCCC/C=C\CCCCCC. The lowest BCUT2D eigenvalue weighted by molar-refractivity contribution is -0.163. The lowest BCUT2D eigenvalue weighted by atomic mass is 10.1. The van der Waals surface area contributed by atoms with E-state index < -0.39 is 6.10 Å². The maximum Gasteiger partial charge on any atom is 0.306 e. The summed E-state index contributed by atoms with van der Waals surface area (Å²) in [5, 5.41) is 0. The molecule has 0 aliphatic rings. The lowest BCUT2D eigenvalue weighted by Gasteiger charge is -2.18. The molecule has 0 heterocycles. The molecule has 5 heteroatoms. The third-order valence-corrected chi connectivity index (χ3v) is 11.0. The summed E-state index contributed by atoms with van der Waals surface area (Å²) < 4.78 is 17.4. The van der Waals surface area contributed by atoms with Crippen molar-refractivity contribution in [1.29, 1.82) is 0 Å². The van der Waals surface area contributed by atoms with Crippen LogP contribution in [0.15, 0.2) is 60.8 Å². The van der Waals surface area contributed by atoms with E-state index in [4.69, 9.17) is 14.2 Å². The molecule has 1 unspecified atom stereocenters. The van der Waals surface area contributed by atoms with Crippen LogP contribution >= 0.6 is 0 Å². The van der Waals surface area contributed by atoms with Crippen LogP contribution in [0.4, 0.5) is 0 Å². The first-order valence-corrected chi connectivity index (χ1v) is 25.8. The van der Waals surface area contributed by atoms with Gasteiger partial charge in [0.15, 0.2) is 6.10 Å². The fourth-order valence-electron chi connectivity index (χ4n) is 7.09. The van der Waals surface area contributed by atoms with Crippen molar-refractivity contribution in [3.8, 4) is 0 Å². The molecule has 1 atom stereocenters. The van der Waals surface area contributed by atoms with Crippen molar-refractivity contribution < 1.29 is 23.8 Å². The van der Waals surface area contributed by atoms with Crippen LogP contribution < -0.4 is 0 Å². The molecular weight excluding hydrogens is 741 g/mol. The van der Waals surface area contributed by atoms with E-state index in [1.807, 2.05) is 0 Å². The molecule has 0 fully saturated rings. The molecule has 5 nitrogen and oxygen atoms in total. The van der Waals surface area contributed by atoms with Crippen LogP contribution in [0.2, 0.25) is 0 Å². The molecule has 0 amide bonds. The Morgan fingerprint density at radius 3 is 1.15 bits per heavy atom. The van der Waals surface area contributed by atoms with Crippen molar-refractivity contribution in [2.45, 2.75) is 258 Å². The van der Waals surface area contributed by atoms with Crippen LogP contribution in [0, 0.1) is 0 Å². The Morgan fingerprint density at radius 1 is 0.367 bits per heavy atom. The van der Waals surface area contributed by atoms with Crippen LogP contribution in [0.25, 0.3) is 0 Å². The molecule has 0 aromatic rings. The van der Waals surface area contributed by atoms with Gasteiger partial charge in [-0.1, -0.05) is 191 Å². The van der Waals surface area contributed by atoms with Gasteiger partial charge in [0.25, 0.3) is 0 Å². The van der Waals surface area contributed by atoms with Crippen molar-refractivity contribution in [2.75, 3.05) is 19.8 Å². The second kappa shape index (κ2) is 51.0. The number of rotatable bonds is 47. The van der Waals surface area contributed by atoms with Crippen molar-refractivity contribution >= 4 is 11.9 Å². The van der Waals surface area contributed by atoms with Crippen LogP contribution in [-0.2, 0) is 23.8 Å². The zero-order valence-corrected chi connectivity index (χ0v) is 40.0. The Bertz CT molecular complexity index is 1040. The van der Waals surface area contributed by atoms with Gasteiger partial charge in [-0.2, -0.15) is 0 Å². The normalized spacial score (nSPS) is 12.7. The Labute approximate surface area is 373 Å². The summed E-state index contributed by atoms with van der Waals surface area (Å²) in [6.45, 7) is 7.73. The predicted molar refractivity (Wildman–Crippen MR) is 261 cm³/mol. The van der Waals surface area contributed by atoms with Crippen LogP contribution in [0.1, 0.15) is 252 Å². The van der Waals surface area contributed by atoms with Gasteiger partial charge in [0, 0.05) is 19.4 Å². The fraction of sp³-hybridized carbons (Fsp3) is 0.782. The molecule has 0 N–H and O–H groups in total. The number of hydrogen-bond donors (Lipinski definition) is 0. The zero-order chi connectivity index (χ0) is 43.5. The third kappa shape index (κ3) is 48.3. The van der Waals surface area contributed by atoms with Gasteiger partial charge in [0.2, 0.25) is 0 Å². The van der Waals surface area contributed by atoms with Gasteiger partial charge < -0.3 is 14.2 Å². The average molecular weight is 839 g/mol. The molecule has 348 valence electrons. The zero-order valence-electron chi connectivity index (χ0n) is 40.0. The number of carbonyl (C=O) groups is 2. The quantitative estimate of drug-likeness (QED) is 0.0347. The minimum atomic E-state index is -0.551. The van der Waals surface area contributed by atoms with Gasteiger partial charge >= 0.3 is 11.9 Å². The van der Waals surface area contributed by atoms with E-state index in [2.05, 4.69) is 81.5 Å². The highest BCUT2D eigenvalue weighted by Crippen LogP contribution is 2.13. The van der Waals surface area contributed by atoms with Gasteiger partial charge in [0.1, 0.15) is 6.61 Å². The summed E-state index contributed by atoms with van der Waals surface area (Å²) in [6, 6.07) is 0. The van der Waals surface area contributed by atoms with E-state index in [1.165, 1.54) is 141 Å². The molecule has 0 spiro atoms. The third-order valence-electron chi connectivity index (χ3n) is 11.0. The molecule has 0 aromatic heterocycles. The summed E-state index contributed by atoms with van der Waals surface area (Å²) in [7, 11) is 0. The first kappa shape index (κ1) is 57.6. The van der Waals surface area contributed by atoms with Gasteiger partial charge in [-0.05, 0) is 109 Å². The van der Waals surface area contributed by atoms with Gasteiger partial charge in [0.05, 0.1) is 6.61 Å². The smallest absolute Gasteiger partial charge is 0.306 e. The second-order valence-electron chi connectivity index (χ2n) is 17.1. The fourth-order valence-corrected chi connectivity index (χ4v) is 7.09. The first-order chi connectivity index (χ1) is 29.6. The number of allylic oxidation sites excluding steroid dienone is 10. The van der Waals surface area contributed by atoms with E-state index in [1.54, 1.807) is 0 Å². The van der Waals surface area contributed by atoms with E-state index >= 15 is 0 Å². The summed E-state index contributed by atoms with van der Waals surface area (Å²) >= 11 is 0. The number of ether oxygens (including phenoxy) is 3. The maximum absolute atomic E-state index is 12.8. The molecule has 0 aliphatic heterocycles. The van der Waals surface area contributed by atoms with E-state index in [9.17, 15) is 9.59 Å². The second-order valence-corrected chi connectivity index (χ2v) is 17.1. The molecule has 0 rings (SSSR count). The number of hydrogen-bond acceptors (Lipinski definition) is 5. The van der Waals surface area contributed by atoms with Crippen molar-refractivity contribution in [2.24, 2.45) is 0 Å². The first-order valence-electron chi connectivity index (χ1n) is 25.8. The standard InChI is InChI=1S/C55H98O5/c1-4-7-10-13-16-19-22-25-27-29-32-35-38-41-44-47-50-58-51-53(60-55(57)49-46-43-40-37-34-30-24-21-18-15-12-9-6-3)52-59-54(56)48-45-42-39-36-33-31-28-26-23-20-17-14-11-8-5-2/h16-17,19-21,24-28,53H,4-15,18,22-23,29-52H2,1-3H3/b19-16-,20-17-,24-21-,27-25-,28-26-. The summed E-state index contributed by atoms with van der Waals surface area (Å²) in [5.41, 5.74) is 0. The molecular formula is C55H98O5. The largest absolute Gasteiger partial charge is 0.462 e. The molecule has 0 radical (unpaired) electrons. The Balaban J connectivity index is 4.31. The van der Waals surface area contributed by atoms with Crippen LogP contribution in [-0.4, -0.2) is 37.9 Å². The highest BCUT2D eigenvalue weighted by molar-refractivity contribution is 5.70. The Hall–Kier alpha value is -2.40. The Morgan fingerprint density at radius 2 is 0.700 bits per heavy atom. The van der Waals surface area contributed by atoms with Crippen molar-refractivity contribution in [3.63, 3.8) is 0 Å². The molecule has 60 heavy (non-hydrogen) atoms. The average Bonchev–Trinajstić information content (AvgIpc) is 3.25. The van der Waals surface area contributed by atoms with E-state index in [0.717, 1.165) is 77.0 Å². The minimum absolute atomic E-state index is 0.0701. The highest BCUT2D eigenvalue weighted by atomic mass is 16.6. The summed E-state index contributed by atoms with van der Waals surface area (Å²) in [5.74, 6) is -0.425. The molecule has 0 saturated carbocycles. The lowest BCUT2D eigenvalue weighted by Crippen LogP contribution is -2.30. The molecule has 0 saturated heterocycles. The maximum atomic E-state index is 12.8. The molecule has 0 aromatic carbocycles. The van der Waals surface area contributed by atoms with E-state index in [-0.39, 0.29) is 25.2 Å². The topological polar surface area (TPSA) is 61.8 Å².